The minimum Gasteiger partial charge on any atom is -0.493 e. The Bertz CT molecular complexity index is 1070. The van der Waals surface area contributed by atoms with Crippen LogP contribution in [0.5, 0.6) is 5.75 Å². The van der Waals surface area contributed by atoms with Crippen LogP contribution in [0.3, 0.4) is 0 Å². The molecule has 3 rings (SSSR count). The van der Waals surface area contributed by atoms with E-state index in [4.69, 9.17) is 4.74 Å². The maximum absolute atomic E-state index is 12.4. The van der Waals surface area contributed by atoms with Crippen molar-refractivity contribution in [2.45, 2.75) is 31.6 Å². The highest BCUT2D eigenvalue weighted by Crippen LogP contribution is 2.27. The molecule has 146 valence electrons. The zero-order valence-electron chi connectivity index (χ0n) is 16.1. The van der Waals surface area contributed by atoms with Gasteiger partial charge in [-0.25, -0.2) is 4.83 Å². The maximum Gasteiger partial charge on any atom is 0.276 e. The van der Waals surface area contributed by atoms with Crippen LogP contribution in [0, 0.1) is 6.92 Å². The third-order valence-electron chi connectivity index (χ3n) is 4.38. The van der Waals surface area contributed by atoms with E-state index in [2.05, 4.69) is 16.9 Å². The largest absolute Gasteiger partial charge is 0.493 e. The van der Waals surface area contributed by atoms with Gasteiger partial charge in [0.2, 0.25) is 0 Å². The van der Waals surface area contributed by atoms with E-state index in [9.17, 15) is 8.42 Å². The molecule has 0 unspecified atom stereocenters. The van der Waals surface area contributed by atoms with E-state index < -0.39 is 10.0 Å². The molecule has 6 heteroatoms. The zero-order valence-corrected chi connectivity index (χ0v) is 16.9. The molecule has 0 bridgehead atoms. The fourth-order valence-electron chi connectivity index (χ4n) is 2.79. The molecule has 3 aromatic rings. The molecule has 0 aliphatic carbocycles. The quantitative estimate of drug-likeness (QED) is 0.343. The summed E-state index contributed by atoms with van der Waals surface area (Å²) in [6.07, 6.45) is 3.49. The van der Waals surface area contributed by atoms with Gasteiger partial charge < -0.3 is 4.74 Å². The van der Waals surface area contributed by atoms with Crippen LogP contribution < -0.4 is 9.57 Å². The molecule has 0 saturated carbocycles. The molecule has 0 spiro atoms. The fraction of sp³-hybridized carbons (Fsp3) is 0.227. The minimum absolute atomic E-state index is 0.174. The molecule has 0 amide bonds. The number of hydrazone groups is 1. The Labute approximate surface area is 166 Å². The maximum atomic E-state index is 12.4. The predicted octanol–water partition coefficient (Wildman–Crippen LogP) is 4.64. The fourth-order valence-corrected chi connectivity index (χ4v) is 3.58. The van der Waals surface area contributed by atoms with E-state index in [1.807, 2.05) is 43.3 Å². The van der Waals surface area contributed by atoms with Crippen molar-refractivity contribution in [3.05, 3.63) is 71.8 Å². The second-order valence-corrected chi connectivity index (χ2v) is 8.23. The van der Waals surface area contributed by atoms with Gasteiger partial charge in [0.15, 0.2) is 0 Å². The van der Waals surface area contributed by atoms with Crippen LogP contribution in [-0.4, -0.2) is 21.2 Å². The summed E-state index contributed by atoms with van der Waals surface area (Å²) >= 11 is 0. The van der Waals surface area contributed by atoms with Crippen molar-refractivity contribution in [2.75, 3.05) is 6.61 Å². The number of nitrogens with one attached hydrogen (secondary N) is 1. The van der Waals surface area contributed by atoms with Crippen molar-refractivity contribution in [1.82, 2.24) is 4.83 Å². The van der Waals surface area contributed by atoms with Crippen molar-refractivity contribution < 1.29 is 13.2 Å². The Kier molecular flexibility index (Phi) is 6.31. The molecule has 1 N–H and O–H groups in total. The summed E-state index contributed by atoms with van der Waals surface area (Å²) in [6, 6.07) is 18.4. The summed E-state index contributed by atoms with van der Waals surface area (Å²) < 4.78 is 30.8. The van der Waals surface area contributed by atoms with Crippen LogP contribution in [0.4, 0.5) is 0 Å². The van der Waals surface area contributed by atoms with Crippen LogP contribution in [0.1, 0.15) is 30.9 Å². The predicted molar refractivity (Wildman–Crippen MR) is 113 cm³/mol. The molecular weight excluding hydrogens is 372 g/mol. The van der Waals surface area contributed by atoms with E-state index in [0.717, 1.165) is 34.7 Å². The van der Waals surface area contributed by atoms with Gasteiger partial charge in [0.25, 0.3) is 10.0 Å². The molecule has 28 heavy (non-hydrogen) atoms. The Balaban J connectivity index is 1.89. The first kappa shape index (κ1) is 19.9. The summed E-state index contributed by atoms with van der Waals surface area (Å²) in [5.41, 5.74) is 1.74. The van der Waals surface area contributed by atoms with E-state index >= 15 is 0 Å². The number of aryl methyl sites for hydroxylation is 1. The number of benzene rings is 3. The minimum atomic E-state index is -3.72. The summed E-state index contributed by atoms with van der Waals surface area (Å²) in [6.45, 7) is 4.61. The lowest BCUT2D eigenvalue weighted by atomic mass is 10.0. The normalized spacial score (nSPS) is 11.8. The van der Waals surface area contributed by atoms with Crippen LogP contribution in [0.2, 0.25) is 0 Å². The molecule has 0 aliphatic rings. The first-order valence-corrected chi connectivity index (χ1v) is 10.8. The summed E-state index contributed by atoms with van der Waals surface area (Å²) in [5, 5.41) is 6.00. The number of nitrogens with zero attached hydrogens (tertiary/aromatic N) is 1. The Morgan fingerprint density at radius 3 is 2.54 bits per heavy atom. The molecule has 0 heterocycles. The van der Waals surface area contributed by atoms with E-state index in [-0.39, 0.29) is 4.90 Å². The number of hydrogen-bond donors (Lipinski definition) is 1. The number of ether oxygens (including phenoxy) is 1. The van der Waals surface area contributed by atoms with Crippen molar-refractivity contribution in [1.29, 1.82) is 0 Å². The topological polar surface area (TPSA) is 67.8 Å². The van der Waals surface area contributed by atoms with Gasteiger partial charge in [-0.1, -0.05) is 61.4 Å². The van der Waals surface area contributed by atoms with E-state index in [0.29, 0.717) is 12.4 Å². The van der Waals surface area contributed by atoms with Gasteiger partial charge in [-0.2, -0.15) is 13.5 Å². The highest BCUT2D eigenvalue weighted by Gasteiger charge is 2.12. The second kappa shape index (κ2) is 8.89. The molecule has 0 radical (unpaired) electrons. The summed E-state index contributed by atoms with van der Waals surface area (Å²) in [4.78, 5) is 2.46. The second-order valence-electron chi connectivity index (χ2n) is 6.57. The summed E-state index contributed by atoms with van der Waals surface area (Å²) in [7, 11) is -3.72. The standard InChI is InChI=1S/C22H24N2O3S/c1-3-4-15-27-22-14-11-18-7-5-6-8-20(18)21(22)16-23-24-28(25,26)19-12-9-17(2)10-13-19/h5-14,16,24H,3-4,15H2,1-2H3/b23-16-. The van der Waals surface area contributed by atoms with Crippen LogP contribution in [0.25, 0.3) is 10.8 Å². The van der Waals surface area contributed by atoms with Crippen molar-refractivity contribution >= 4 is 27.0 Å². The van der Waals surface area contributed by atoms with Crippen LogP contribution >= 0.6 is 0 Å². The number of hydrogen-bond acceptors (Lipinski definition) is 4. The molecule has 3 aromatic carbocycles. The highest BCUT2D eigenvalue weighted by atomic mass is 32.2. The van der Waals surface area contributed by atoms with Gasteiger partial charge in [0.05, 0.1) is 17.7 Å². The van der Waals surface area contributed by atoms with E-state index in [1.54, 1.807) is 24.3 Å². The average Bonchev–Trinajstić information content (AvgIpc) is 2.69. The molecule has 0 aromatic heterocycles. The third-order valence-corrected chi connectivity index (χ3v) is 5.62. The lowest BCUT2D eigenvalue weighted by molar-refractivity contribution is 0.309. The Morgan fingerprint density at radius 2 is 1.79 bits per heavy atom. The Morgan fingerprint density at radius 1 is 1.04 bits per heavy atom. The Hall–Kier alpha value is -2.86. The lowest BCUT2D eigenvalue weighted by Crippen LogP contribution is -2.18. The number of fused-ring (bicyclic) bond motifs is 1. The molecule has 0 fully saturated rings. The van der Waals surface area contributed by atoms with Crippen LogP contribution in [-0.2, 0) is 10.0 Å². The number of sulfonamides is 1. The van der Waals surface area contributed by atoms with Crippen molar-refractivity contribution in [3.63, 3.8) is 0 Å². The SMILES string of the molecule is CCCCOc1ccc2ccccc2c1/C=N\NS(=O)(=O)c1ccc(C)cc1. The first-order valence-electron chi connectivity index (χ1n) is 9.27. The van der Waals surface area contributed by atoms with Crippen molar-refractivity contribution in [3.8, 4) is 5.75 Å². The van der Waals surface area contributed by atoms with E-state index in [1.165, 1.54) is 6.21 Å². The van der Waals surface area contributed by atoms with Gasteiger partial charge in [0.1, 0.15) is 5.75 Å². The van der Waals surface area contributed by atoms with Gasteiger partial charge >= 0.3 is 0 Å². The highest BCUT2D eigenvalue weighted by molar-refractivity contribution is 7.89. The summed E-state index contributed by atoms with van der Waals surface area (Å²) in [5.74, 6) is 0.686. The zero-order chi connectivity index (χ0) is 20.0. The van der Waals surface area contributed by atoms with Gasteiger partial charge in [0, 0.05) is 5.56 Å². The van der Waals surface area contributed by atoms with Gasteiger partial charge in [-0.05, 0) is 42.3 Å². The molecule has 0 saturated heterocycles. The molecule has 5 nitrogen and oxygen atoms in total. The monoisotopic (exact) mass is 396 g/mol. The van der Waals surface area contributed by atoms with Gasteiger partial charge in [-0.3, -0.25) is 0 Å². The lowest BCUT2D eigenvalue weighted by Gasteiger charge is -2.11. The van der Waals surface area contributed by atoms with Crippen molar-refractivity contribution in [2.24, 2.45) is 5.10 Å². The molecular formula is C22H24N2O3S. The average molecular weight is 397 g/mol. The smallest absolute Gasteiger partial charge is 0.276 e. The first-order chi connectivity index (χ1) is 13.5. The van der Waals surface area contributed by atoms with Gasteiger partial charge in [-0.15, -0.1) is 0 Å². The third kappa shape index (κ3) is 4.70. The van der Waals surface area contributed by atoms with Crippen LogP contribution in [0.15, 0.2) is 70.7 Å². The molecule has 0 aliphatic heterocycles. The number of rotatable bonds is 8. The molecule has 0 atom stereocenters. The number of unbranched alkanes of at least 4 members (excludes halogenated alkanes) is 1.